The molecule has 1 atom stereocenters. The number of hydrogen-bond donors (Lipinski definition) is 1. The average molecular weight is 895 g/mol. The van der Waals surface area contributed by atoms with Gasteiger partial charge in [-0.05, 0) is 110 Å². The first-order valence-electron chi connectivity index (χ1n) is 23.8. The summed E-state index contributed by atoms with van der Waals surface area (Å²) in [6.07, 6.45) is -0.489. The largest absolute Gasteiger partial charge is 0.456 e. The van der Waals surface area contributed by atoms with Gasteiger partial charge in [-0.15, -0.1) is 0 Å². The van der Waals surface area contributed by atoms with Crippen LogP contribution in [0.5, 0.6) is 0 Å². The van der Waals surface area contributed by atoms with E-state index in [0.29, 0.717) is 5.84 Å². The van der Waals surface area contributed by atoms with Gasteiger partial charge in [0.2, 0.25) is 0 Å². The van der Waals surface area contributed by atoms with Crippen LogP contribution in [0.4, 0.5) is 0 Å². The quantitative estimate of drug-likeness (QED) is 0.173. The van der Waals surface area contributed by atoms with Gasteiger partial charge in [-0.2, -0.15) is 0 Å². The van der Waals surface area contributed by atoms with E-state index in [2.05, 4.69) is 234 Å². The molecular weight excluding hydrogens is 853 g/mol. The Balaban J connectivity index is 0.980. The topological polar surface area (TPSA) is 54.8 Å². The maximum Gasteiger partial charge on any atom is 0.159 e. The van der Waals surface area contributed by atoms with Crippen LogP contribution in [0.3, 0.4) is 0 Å². The van der Waals surface area contributed by atoms with Crippen LogP contribution in [0, 0.1) is 0 Å². The number of nitrogens with zero attached hydrogens (tertiary/aromatic N) is 3. The van der Waals surface area contributed by atoms with E-state index >= 15 is 0 Å². The van der Waals surface area contributed by atoms with Crippen molar-refractivity contribution in [2.24, 2.45) is 9.98 Å². The molecule has 1 aliphatic heterocycles. The number of rotatable bonds is 7. The van der Waals surface area contributed by atoms with Crippen LogP contribution in [-0.4, -0.2) is 16.2 Å². The molecule has 0 amide bonds. The van der Waals surface area contributed by atoms with Crippen LogP contribution in [-0.2, 0) is 0 Å². The zero-order chi connectivity index (χ0) is 46.1. The molecule has 5 nitrogen and oxygen atoms in total. The molecule has 0 aliphatic carbocycles. The molecule has 3 heterocycles. The Bertz CT molecular complexity index is 4150. The lowest BCUT2D eigenvalue weighted by molar-refractivity contribution is 0.669. The first kappa shape index (κ1) is 39.8. The number of hydrogen-bond acceptors (Lipinski definition) is 4. The summed E-state index contributed by atoms with van der Waals surface area (Å²) >= 11 is 0. The number of para-hydroxylation sites is 1. The molecule has 5 heteroatoms. The van der Waals surface area contributed by atoms with E-state index in [4.69, 9.17) is 14.4 Å². The van der Waals surface area contributed by atoms with Crippen LogP contribution in [0.15, 0.2) is 257 Å². The molecule has 2 aromatic heterocycles. The van der Waals surface area contributed by atoms with Gasteiger partial charge in [0.15, 0.2) is 5.84 Å². The number of amidine groups is 2. The van der Waals surface area contributed by atoms with E-state index in [1.165, 1.54) is 43.4 Å². The number of aromatic nitrogens is 1. The van der Waals surface area contributed by atoms with Crippen molar-refractivity contribution in [1.29, 1.82) is 0 Å². The molecule has 13 aromatic rings. The molecule has 0 radical (unpaired) electrons. The van der Waals surface area contributed by atoms with E-state index in [1.807, 2.05) is 18.2 Å². The van der Waals surface area contributed by atoms with E-state index in [-0.39, 0.29) is 0 Å². The summed E-state index contributed by atoms with van der Waals surface area (Å²) in [6.45, 7) is 0. The minimum atomic E-state index is -0.489. The number of aliphatic imine (C=N–C) groups is 2. The zero-order valence-electron chi connectivity index (χ0n) is 37.9. The van der Waals surface area contributed by atoms with Gasteiger partial charge in [-0.3, -0.25) is 0 Å². The van der Waals surface area contributed by atoms with E-state index in [1.54, 1.807) is 0 Å². The Labute approximate surface area is 404 Å². The zero-order valence-corrected chi connectivity index (χ0v) is 37.9. The maximum atomic E-state index is 6.38. The lowest BCUT2D eigenvalue weighted by atomic mass is 9.95. The van der Waals surface area contributed by atoms with Crippen molar-refractivity contribution in [2.45, 2.75) is 6.17 Å². The highest BCUT2D eigenvalue weighted by atomic mass is 16.3. The summed E-state index contributed by atoms with van der Waals surface area (Å²) in [6, 6.07) is 86.7. The first-order valence-corrected chi connectivity index (χ1v) is 23.8. The summed E-state index contributed by atoms with van der Waals surface area (Å²) in [7, 11) is 0. The van der Waals surface area contributed by atoms with Crippen LogP contribution < -0.4 is 5.32 Å². The van der Waals surface area contributed by atoms with E-state index in [9.17, 15) is 0 Å². The maximum absolute atomic E-state index is 6.38. The van der Waals surface area contributed by atoms with Crippen LogP contribution in [0.2, 0.25) is 0 Å². The molecule has 0 fully saturated rings. The van der Waals surface area contributed by atoms with Gasteiger partial charge in [-0.25, -0.2) is 9.98 Å². The van der Waals surface area contributed by atoms with Gasteiger partial charge in [0.1, 0.15) is 23.2 Å². The predicted molar refractivity (Wildman–Crippen MR) is 291 cm³/mol. The van der Waals surface area contributed by atoms with E-state index < -0.39 is 6.17 Å². The number of nitrogens with one attached hydrogen (secondary N) is 1. The lowest BCUT2D eigenvalue weighted by Crippen LogP contribution is -2.33. The minimum Gasteiger partial charge on any atom is -0.456 e. The Hall–Kier alpha value is -9.32. The highest BCUT2D eigenvalue weighted by Gasteiger charge is 2.26. The van der Waals surface area contributed by atoms with E-state index in [0.717, 1.165) is 83.4 Å². The molecule has 14 rings (SSSR count). The molecular formula is C65H42N4O. The van der Waals surface area contributed by atoms with Crippen LogP contribution >= 0.6 is 0 Å². The molecule has 1 N–H and O–H groups in total. The second kappa shape index (κ2) is 16.2. The Morgan fingerprint density at radius 3 is 1.50 bits per heavy atom. The summed E-state index contributed by atoms with van der Waals surface area (Å²) < 4.78 is 8.83. The van der Waals surface area contributed by atoms with Crippen molar-refractivity contribution in [3.63, 3.8) is 0 Å². The third kappa shape index (κ3) is 6.78. The van der Waals surface area contributed by atoms with Gasteiger partial charge in [0.25, 0.3) is 0 Å². The smallest absolute Gasteiger partial charge is 0.159 e. The molecule has 0 saturated carbocycles. The first-order chi connectivity index (χ1) is 34.6. The van der Waals surface area contributed by atoms with Gasteiger partial charge >= 0.3 is 0 Å². The lowest BCUT2D eigenvalue weighted by Gasteiger charge is -2.26. The van der Waals surface area contributed by atoms with Crippen molar-refractivity contribution in [1.82, 2.24) is 9.88 Å². The molecule has 1 aliphatic rings. The van der Waals surface area contributed by atoms with Crippen molar-refractivity contribution < 1.29 is 4.42 Å². The summed E-state index contributed by atoms with van der Waals surface area (Å²) in [5.74, 6) is 1.42. The highest BCUT2D eigenvalue weighted by Crippen LogP contribution is 2.41. The summed E-state index contributed by atoms with van der Waals surface area (Å²) in [4.78, 5) is 10.8. The molecule has 0 bridgehead atoms. The number of fused-ring (bicyclic) bond motifs is 8. The fourth-order valence-electron chi connectivity index (χ4n) is 10.5. The summed E-state index contributed by atoms with van der Waals surface area (Å²) in [5, 5.41) is 13.3. The van der Waals surface area contributed by atoms with Crippen molar-refractivity contribution in [2.75, 3.05) is 0 Å². The molecule has 0 spiro atoms. The molecule has 1 unspecified atom stereocenters. The monoisotopic (exact) mass is 894 g/mol. The Morgan fingerprint density at radius 2 is 0.871 bits per heavy atom. The molecule has 70 heavy (non-hydrogen) atoms. The Morgan fingerprint density at radius 1 is 0.371 bits per heavy atom. The third-order valence-corrected chi connectivity index (χ3v) is 14.0. The van der Waals surface area contributed by atoms with Gasteiger partial charge < -0.3 is 14.3 Å². The van der Waals surface area contributed by atoms with Crippen LogP contribution in [0.1, 0.15) is 22.9 Å². The normalized spacial score (nSPS) is 13.9. The Kier molecular flexibility index (Phi) is 9.20. The second-order valence-electron chi connectivity index (χ2n) is 18.2. The average Bonchev–Trinajstić information content (AvgIpc) is 3.96. The fraction of sp³-hybridized carbons (Fsp3) is 0.0154. The van der Waals surface area contributed by atoms with Crippen molar-refractivity contribution >= 4 is 77.0 Å². The van der Waals surface area contributed by atoms with Gasteiger partial charge in [-0.1, -0.05) is 188 Å². The summed E-state index contributed by atoms with van der Waals surface area (Å²) in [5.41, 5.74) is 14.8. The number of furan rings is 1. The van der Waals surface area contributed by atoms with Crippen molar-refractivity contribution in [3.05, 3.63) is 259 Å². The standard InChI is InChI=1S/C65H42N4O/c1-3-13-41(14-4-1)43-23-27-45(28-24-43)63-66-64(46-29-25-44(26-30-46)42-15-5-2-6-16-42)68-65(67-63)54-33-32-52(40-55(54)51-31-34-62-58(37-51)53-21-11-12-22-61(53)70-62)69-59-38-49-19-9-7-17-47(49)35-56(59)57-36-48-18-8-10-20-50(48)39-60(57)69/h1-40,65H,(H,66,67,68). The highest BCUT2D eigenvalue weighted by molar-refractivity contribution is 6.17. The second-order valence-corrected chi connectivity index (χ2v) is 18.2. The molecule has 11 aromatic carbocycles. The predicted octanol–water partition coefficient (Wildman–Crippen LogP) is 16.5. The SMILES string of the molecule is c1ccc(-c2ccc(C3=NC(c4ccc(-n5c6cc7ccccc7cc6c6cc7ccccc7cc65)cc4-c4ccc5oc6ccccc6c5c4)NC(c4ccc(-c5ccccc5)cc4)=N3)cc2)cc1. The van der Waals surface area contributed by atoms with Crippen LogP contribution in [0.25, 0.3) is 104 Å². The fourth-order valence-corrected chi connectivity index (χ4v) is 10.5. The molecule has 328 valence electrons. The van der Waals surface area contributed by atoms with Crippen molar-refractivity contribution in [3.8, 4) is 39.1 Å². The number of benzene rings is 11. The van der Waals surface area contributed by atoms with Gasteiger partial charge in [0, 0.05) is 43.9 Å². The molecule has 0 saturated heterocycles. The third-order valence-electron chi connectivity index (χ3n) is 14.0. The van der Waals surface area contributed by atoms with Gasteiger partial charge in [0.05, 0.1) is 11.0 Å². The minimum absolute atomic E-state index is 0.489.